The molecule has 0 unspecified atom stereocenters. The lowest BCUT2D eigenvalue weighted by Gasteiger charge is -2.16. The first-order valence-corrected chi connectivity index (χ1v) is 6.66. The van der Waals surface area contributed by atoms with Gasteiger partial charge in [0.15, 0.2) is 5.82 Å². The maximum atomic E-state index is 12.4. The molecule has 110 valence electrons. The molecule has 1 aromatic heterocycles. The third kappa shape index (κ3) is 3.48. The highest BCUT2D eigenvalue weighted by Gasteiger charge is 2.17. The van der Waals surface area contributed by atoms with E-state index >= 15 is 0 Å². The lowest BCUT2D eigenvalue weighted by molar-refractivity contribution is 0.102. The summed E-state index contributed by atoms with van der Waals surface area (Å²) in [6, 6.07) is 5.82. The second-order valence-corrected chi connectivity index (χ2v) is 5.10. The Labute approximate surface area is 127 Å². The molecule has 2 aromatic rings. The predicted molar refractivity (Wildman–Crippen MR) is 83.5 cm³/mol. The molecule has 0 aliphatic heterocycles. The van der Waals surface area contributed by atoms with Gasteiger partial charge in [0.2, 0.25) is 5.28 Å². The molecule has 21 heavy (non-hydrogen) atoms. The van der Waals surface area contributed by atoms with Crippen molar-refractivity contribution >= 4 is 29.0 Å². The molecule has 1 heterocycles. The van der Waals surface area contributed by atoms with E-state index in [9.17, 15) is 4.79 Å². The van der Waals surface area contributed by atoms with E-state index in [2.05, 4.69) is 15.3 Å². The van der Waals surface area contributed by atoms with Crippen LogP contribution in [0.25, 0.3) is 0 Å². The first-order valence-electron chi connectivity index (χ1n) is 6.28. The van der Waals surface area contributed by atoms with Crippen LogP contribution in [0.1, 0.15) is 21.5 Å². The monoisotopic (exact) mass is 305 g/mol. The van der Waals surface area contributed by atoms with Gasteiger partial charge >= 0.3 is 0 Å². The maximum Gasteiger partial charge on any atom is 0.261 e. The highest BCUT2D eigenvalue weighted by atomic mass is 35.5. The zero-order chi connectivity index (χ0) is 15.6. The van der Waals surface area contributed by atoms with Crippen LogP contribution in [0.5, 0.6) is 0 Å². The molecule has 6 nitrogen and oxygen atoms in total. The number of nitrogens with zero attached hydrogens (tertiary/aromatic N) is 3. The predicted octanol–water partition coefficient (Wildman–Crippen LogP) is 2.31. The number of nitrogens with two attached hydrogens (primary N) is 1. The van der Waals surface area contributed by atoms with E-state index < -0.39 is 0 Å². The number of nitrogens with one attached hydrogen (secondary N) is 1. The first-order chi connectivity index (χ1) is 9.88. The van der Waals surface area contributed by atoms with Gasteiger partial charge in [-0.25, -0.2) is 10.8 Å². The Balaban J connectivity index is 2.35. The van der Waals surface area contributed by atoms with Gasteiger partial charge in [-0.2, -0.15) is 4.98 Å². The van der Waals surface area contributed by atoms with Crippen LogP contribution in [-0.4, -0.2) is 22.9 Å². The lowest BCUT2D eigenvalue weighted by atomic mass is 10.1. The molecule has 0 aliphatic rings. The number of aromatic nitrogens is 2. The van der Waals surface area contributed by atoms with Gasteiger partial charge in [0, 0.05) is 18.9 Å². The number of halogens is 1. The highest BCUT2D eigenvalue weighted by Crippen LogP contribution is 2.20. The molecular weight excluding hydrogens is 290 g/mol. The van der Waals surface area contributed by atoms with Crippen molar-refractivity contribution in [3.05, 3.63) is 46.4 Å². The van der Waals surface area contributed by atoms with Crippen molar-refractivity contribution in [2.24, 2.45) is 5.84 Å². The second-order valence-electron chi connectivity index (χ2n) is 4.76. The number of rotatable bonds is 3. The van der Waals surface area contributed by atoms with E-state index in [0.717, 1.165) is 16.8 Å². The van der Waals surface area contributed by atoms with E-state index in [-0.39, 0.29) is 22.6 Å². The molecule has 0 atom stereocenters. The zero-order valence-electron chi connectivity index (χ0n) is 12.0. The molecule has 3 N–H and O–H groups in total. The Kier molecular flexibility index (Phi) is 4.40. The van der Waals surface area contributed by atoms with Crippen molar-refractivity contribution in [1.82, 2.24) is 9.97 Å². The molecule has 0 fully saturated rings. The summed E-state index contributed by atoms with van der Waals surface area (Å²) in [5.41, 5.74) is 3.01. The Bertz CT molecular complexity index is 687. The van der Waals surface area contributed by atoms with Crippen molar-refractivity contribution in [2.45, 2.75) is 13.8 Å². The fraction of sp³-hybridized carbons (Fsp3) is 0.214. The average Bonchev–Trinajstić information content (AvgIpc) is 2.42. The molecule has 2 rings (SSSR count). The molecule has 0 aliphatic carbocycles. The van der Waals surface area contributed by atoms with Crippen LogP contribution in [0, 0.1) is 13.8 Å². The summed E-state index contributed by atoms with van der Waals surface area (Å²) < 4.78 is 0. The van der Waals surface area contributed by atoms with Crippen LogP contribution in [0.2, 0.25) is 5.28 Å². The van der Waals surface area contributed by atoms with Gasteiger partial charge in [-0.15, -0.1) is 0 Å². The minimum absolute atomic E-state index is 0.0330. The Morgan fingerprint density at radius 1 is 1.38 bits per heavy atom. The lowest BCUT2D eigenvalue weighted by Crippen LogP contribution is -2.29. The van der Waals surface area contributed by atoms with E-state index in [0.29, 0.717) is 0 Å². The van der Waals surface area contributed by atoms with Crippen LogP contribution in [0.4, 0.5) is 11.5 Å². The molecule has 0 radical (unpaired) electrons. The van der Waals surface area contributed by atoms with Gasteiger partial charge in [-0.05, 0) is 42.6 Å². The smallest absolute Gasteiger partial charge is 0.261 e. The first kappa shape index (κ1) is 15.2. The van der Waals surface area contributed by atoms with Crippen molar-refractivity contribution < 1.29 is 4.79 Å². The minimum atomic E-state index is -0.340. The summed E-state index contributed by atoms with van der Waals surface area (Å²) >= 11 is 5.74. The van der Waals surface area contributed by atoms with E-state index in [1.54, 1.807) is 7.05 Å². The summed E-state index contributed by atoms with van der Waals surface area (Å²) in [6.07, 6.45) is 1.36. The number of hydrogen-bond acceptors (Lipinski definition) is 5. The van der Waals surface area contributed by atoms with E-state index in [4.69, 9.17) is 17.4 Å². The van der Waals surface area contributed by atoms with E-state index in [1.807, 2.05) is 32.0 Å². The maximum absolute atomic E-state index is 12.4. The summed E-state index contributed by atoms with van der Waals surface area (Å²) in [5.74, 6) is 5.59. The van der Waals surface area contributed by atoms with Crippen LogP contribution >= 0.6 is 11.6 Å². The van der Waals surface area contributed by atoms with Crippen LogP contribution in [-0.2, 0) is 0 Å². The summed E-state index contributed by atoms with van der Waals surface area (Å²) in [4.78, 5) is 20.2. The van der Waals surface area contributed by atoms with Gasteiger partial charge in [0.25, 0.3) is 5.91 Å². The second kappa shape index (κ2) is 6.07. The number of anilines is 2. The number of hydrogen-bond donors (Lipinski definition) is 2. The average molecular weight is 306 g/mol. The third-order valence-electron chi connectivity index (χ3n) is 2.96. The Morgan fingerprint density at radius 2 is 2.10 bits per heavy atom. The van der Waals surface area contributed by atoms with Crippen molar-refractivity contribution in [2.75, 3.05) is 17.4 Å². The van der Waals surface area contributed by atoms with Crippen LogP contribution < -0.4 is 16.2 Å². The topological polar surface area (TPSA) is 84.1 Å². The van der Waals surface area contributed by atoms with Crippen LogP contribution in [0.3, 0.4) is 0 Å². The number of carbonyl (C=O) groups excluding carboxylic acids is 1. The SMILES string of the molecule is Cc1ccc(C)c(NC(=O)c2cnc(Cl)nc2N(C)N)c1. The Morgan fingerprint density at radius 3 is 2.76 bits per heavy atom. The number of aryl methyl sites for hydroxylation is 2. The Hall–Kier alpha value is -2.18. The van der Waals surface area contributed by atoms with Gasteiger partial charge in [0.05, 0.1) is 0 Å². The normalized spacial score (nSPS) is 10.3. The molecule has 0 bridgehead atoms. The molecule has 1 aromatic carbocycles. The van der Waals surface area contributed by atoms with Crippen molar-refractivity contribution in [3.8, 4) is 0 Å². The van der Waals surface area contributed by atoms with Crippen molar-refractivity contribution in [3.63, 3.8) is 0 Å². The summed E-state index contributed by atoms with van der Waals surface area (Å²) in [6.45, 7) is 3.88. The van der Waals surface area contributed by atoms with Gasteiger partial charge in [-0.3, -0.25) is 9.80 Å². The zero-order valence-corrected chi connectivity index (χ0v) is 12.8. The quantitative estimate of drug-likeness (QED) is 0.516. The molecule has 7 heteroatoms. The number of carbonyl (C=O) groups is 1. The molecular formula is C14H16ClN5O. The fourth-order valence-electron chi connectivity index (χ4n) is 1.84. The highest BCUT2D eigenvalue weighted by molar-refractivity contribution is 6.28. The van der Waals surface area contributed by atoms with E-state index in [1.165, 1.54) is 11.2 Å². The fourth-order valence-corrected chi connectivity index (χ4v) is 1.97. The molecule has 0 saturated heterocycles. The summed E-state index contributed by atoms with van der Waals surface area (Å²) in [5, 5.41) is 4.10. The molecule has 1 amide bonds. The number of hydrazine groups is 1. The largest absolute Gasteiger partial charge is 0.322 e. The third-order valence-corrected chi connectivity index (χ3v) is 3.14. The molecule has 0 spiro atoms. The van der Waals surface area contributed by atoms with Gasteiger partial charge in [0.1, 0.15) is 5.56 Å². The molecule has 0 saturated carbocycles. The number of amides is 1. The standard InChI is InChI=1S/C14H16ClN5O/c1-8-4-5-9(2)11(6-8)18-13(21)10-7-17-14(15)19-12(10)20(3)16/h4-7H,16H2,1-3H3,(H,18,21). The minimum Gasteiger partial charge on any atom is -0.322 e. The van der Waals surface area contributed by atoms with Crippen LogP contribution in [0.15, 0.2) is 24.4 Å². The van der Waals surface area contributed by atoms with Gasteiger partial charge < -0.3 is 5.32 Å². The van der Waals surface area contributed by atoms with Crippen molar-refractivity contribution in [1.29, 1.82) is 0 Å². The number of benzene rings is 1. The summed E-state index contributed by atoms with van der Waals surface area (Å²) in [7, 11) is 1.58. The van der Waals surface area contributed by atoms with Gasteiger partial charge in [-0.1, -0.05) is 12.1 Å².